The van der Waals surface area contributed by atoms with Crippen LogP contribution in [0.2, 0.25) is 0 Å². The van der Waals surface area contributed by atoms with Crippen molar-refractivity contribution in [3.8, 4) is 0 Å². The molecule has 2 heterocycles. The predicted octanol–water partition coefficient (Wildman–Crippen LogP) is 0.228. The molecule has 2 unspecified atom stereocenters. The van der Waals surface area contributed by atoms with Crippen LogP contribution in [0.1, 0.15) is 23.2 Å². The number of hydrazine groups is 2. The average Bonchev–Trinajstić information content (AvgIpc) is 3.09. The molecule has 2 aliphatic rings. The summed E-state index contributed by atoms with van der Waals surface area (Å²) in [7, 11) is 0. The fourth-order valence-electron chi connectivity index (χ4n) is 2.95. The van der Waals surface area contributed by atoms with E-state index in [9.17, 15) is 14.0 Å². The van der Waals surface area contributed by atoms with E-state index in [0.29, 0.717) is 25.2 Å². The lowest BCUT2D eigenvalue weighted by Gasteiger charge is -2.33. The van der Waals surface area contributed by atoms with Crippen LogP contribution in [0.3, 0.4) is 0 Å². The second kappa shape index (κ2) is 6.51. The number of ketones is 1. The molecule has 3 rings (SSSR count). The van der Waals surface area contributed by atoms with Crippen molar-refractivity contribution in [2.45, 2.75) is 18.9 Å². The molecule has 6 nitrogen and oxygen atoms in total. The molecule has 22 heavy (non-hydrogen) atoms. The van der Waals surface area contributed by atoms with Gasteiger partial charge in [0.05, 0.1) is 0 Å². The minimum absolute atomic E-state index is 0.00546. The number of rotatable bonds is 3. The molecule has 0 spiro atoms. The smallest absolute Gasteiger partial charge is 0.242 e. The number of nitrogens with one attached hydrogen (secondary N) is 3. The maximum atomic E-state index is 12.9. The van der Waals surface area contributed by atoms with Crippen molar-refractivity contribution in [1.82, 2.24) is 21.3 Å². The Balaban J connectivity index is 1.65. The Morgan fingerprint density at radius 1 is 1.23 bits per heavy atom. The first-order valence-electron chi connectivity index (χ1n) is 7.47. The highest BCUT2D eigenvalue weighted by Gasteiger charge is 2.33. The molecule has 0 aromatic heterocycles. The summed E-state index contributed by atoms with van der Waals surface area (Å²) >= 11 is 0. The third kappa shape index (κ3) is 3.16. The number of carbonyl (C=O) groups excluding carboxylic acids is 2. The van der Waals surface area contributed by atoms with E-state index in [1.165, 1.54) is 24.3 Å². The van der Waals surface area contributed by atoms with Gasteiger partial charge in [-0.05, 0) is 37.1 Å². The molecule has 2 saturated heterocycles. The Hall–Kier alpha value is -1.83. The highest BCUT2D eigenvalue weighted by Crippen LogP contribution is 2.22. The molecule has 2 fully saturated rings. The third-order valence-corrected chi connectivity index (χ3v) is 4.17. The minimum Gasteiger partial charge on any atom is -0.341 e. The van der Waals surface area contributed by atoms with Gasteiger partial charge in [0.15, 0.2) is 5.78 Å². The van der Waals surface area contributed by atoms with E-state index in [1.807, 2.05) is 0 Å². The fourth-order valence-corrected chi connectivity index (χ4v) is 2.95. The highest BCUT2D eigenvalue weighted by atomic mass is 19.1. The lowest BCUT2D eigenvalue weighted by molar-refractivity contribution is -0.134. The number of hydrogen-bond donors (Lipinski definition) is 3. The molecule has 7 heteroatoms. The van der Waals surface area contributed by atoms with Crippen LogP contribution in [0.5, 0.6) is 0 Å². The van der Waals surface area contributed by atoms with Crippen molar-refractivity contribution < 1.29 is 14.0 Å². The Morgan fingerprint density at radius 3 is 2.68 bits per heavy atom. The van der Waals surface area contributed by atoms with Crippen LogP contribution in [-0.4, -0.2) is 42.3 Å². The number of piperidine rings is 1. The van der Waals surface area contributed by atoms with Gasteiger partial charge >= 0.3 is 0 Å². The summed E-state index contributed by atoms with van der Waals surface area (Å²) in [5, 5.41) is 0. The number of halogens is 1. The molecule has 3 N–H and O–H groups in total. The van der Waals surface area contributed by atoms with Gasteiger partial charge < -0.3 is 4.90 Å². The van der Waals surface area contributed by atoms with Gasteiger partial charge in [0, 0.05) is 31.1 Å². The average molecular weight is 306 g/mol. The standard InChI is InChI=1S/C15H19FN4O2/c16-12-5-3-10(4-6-12)14(21)11-2-1-7-20(9-11)15(22)13-8-17-19-18-13/h3-6,11,13,17-19H,1-2,7-9H2. The van der Waals surface area contributed by atoms with Gasteiger partial charge in [0.2, 0.25) is 5.91 Å². The monoisotopic (exact) mass is 306 g/mol. The number of Topliss-reactive ketones (excluding diaryl/α,β-unsaturated/α-hetero) is 1. The fraction of sp³-hybridized carbons (Fsp3) is 0.467. The number of likely N-dealkylation sites (tertiary alicyclic amines) is 1. The van der Waals surface area contributed by atoms with Crippen molar-refractivity contribution in [3.05, 3.63) is 35.6 Å². The Labute approximate surface area is 128 Å². The predicted molar refractivity (Wildman–Crippen MR) is 78.1 cm³/mol. The van der Waals surface area contributed by atoms with E-state index in [0.717, 1.165) is 12.8 Å². The Bertz CT molecular complexity index is 557. The molecular weight excluding hydrogens is 287 g/mol. The maximum absolute atomic E-state index is 12.9. The molecule has 0 saturated carbocycles. The summed E-state index contributed by atoms with van der Waals surface area (Å²) < 4.78 is 12.9. The number of benzene rings is 1. The third-order valence-electron chi connectivity index (χ3n) is 4.17. The van der Waals surface area contributed by atoms with Crippen LogP contribution in [0.15, 0.2) is 24.3 Å². The van der Waals surface area contributed by atoms with E-state index in [4.69, 9.17) is 0 Å². The number of hydrogen-bond acceptors (Lipinski definition) is 5. The van der Waals surface area contributed by atoms with Crippen molar-refractivity contribution in [2.24, 2.45) is 5.92 Å². The van der Waals surface area contributed by atoms with Gasteiger partial charge in [0.25, 0.3) is 0 Å². The first-order valence-corrected chi connectivity index (χ1v) is 7.47. The number of amides is 1. The quantitative estimate of drug-likeness (QED) is 0.697. The van der Waals surface area contributed by atoms with Crippen LogP contribution < -0.4 is 16.4 Å². The summed E-state index contributed by atoms with van der Waals surface area (Å²) in [6, 6.07) is 5.28. The molecule has 1 amide bonds. The lowest BCUT2D eigenvalue weighted by atomic mass is 9.89. The highest BCUT2D eigenvalue weighted by molar-refractivity contribution is 5.98. The van der Waals surface area contributed by atoms with Gasteiger partial charge in [-0.3, -0.25) is 9.59 Å². The van der Waals surface area contributed by atoms with Gasteiger partial charge in [0.1, 0.15) is 11.9 Å². The van der Waals surface area contributed by atoms with Crippen molar-refractivity contribution in [2.75, 3.05) is 19.6 Å². The number of nitrogens with zero attached hydrogens (tertiary/aromatic N) is 1. The second-order valence-electron chi connectivity index (χ2n) is 5.70. The van der Waals surface area contributed by atoms with Gasteiger partial charge in [-0.2, -0.15) is 5.53 Å². The van der Waals surface area contributed by atoms with Crippen LogP contribution in [0, 0.1) is 11.7 Å². The van der Waals surface area contributed by atoms with E-state index < -0.39 is 0 Å². The van der Waals surface area contributed by atoms with Crippen molar-refractivity contribution in [3.63, 3.8) is 0 Å². The Morgan fingerprint density at radius 2 is 2.00 bits per heavy atom. The van der Waals surface area contributed by atoms with Crippen LogP contribution >= 0.6 is 0 Å². The molecule has 1 aromatic rings. The zero-order chi connectivity index (χ0) is 15.5. The SMILES string of the molecule is O=C(c1ccc(F)cc1)C1CCCN(C(=O)C2CNNN2)C1. The molecular formula is C15H19FN4O2. The molecule has 118 valence electrons. The van der Waals surface area contributed by atoms with Gasteiger partial charge in [-0.15, -0.1) is 0 Å². The summed E-state index contributed by atoms with van der Waals surface area (Å²) in [5.41, 5.74) is 8.91. The van der Waals surface area contributed by atoms with Gasteiger partial charge in [-0.25, -0.2) is 15.2 Å². The molecule has 0 aliphatic carbocycles. The van der Waals surface area contributed by atoms with E-state index in [1.54, 1.807) is 4.90 Å². The molecule has 2 aliphatic heterocycles. The molecule has 0 radical (unpaired) electrons. The van der Waals surface area contributed by atoms with Crippen LogP contribution in [-0.2, 0) is 4.79 Å². The Kier molecular flexibility index (Phi) is 4.47. The largest absolute Gasteiger partial charge is 0.341 e. The molecule has 1 aromatic carbocycles. The van der Waals surface area contributed by atoms with Crippen LogP contribution in [0.4, 0.5) is 4.39 Å². The zero-order valence-corrected chi connectivity index (χ0v) is 12.1. The lowest BCUT2D eigenvalue weighted by Crippen LogP contribution is -2.50. The summed E-state index contributed by atoms with van der Waals surface area (Å²) in [6.07, 6.45) is 1.56. The summed E-state index contributed by atoms with van der Waals surface area (Å²) in [6.45, 7) is 1.61. The summed E-state index contributed by atoms with van der Waals surface area (Å²) in [4.78, 5) is 26.6. The summed E-state index contributed by atoms with van der Waals surface area (Å²) in [5.74, 6) is -0.600. The van der Waals surface area contributed by atoms with Gasteiger partial charge in [-0.1, -0.05) is 0 Å². The van der Waals surface area contributed by atoms with Crippen molar-refractivity contribution in [1.29, 1.82) is 0 Å². The maximum Gasteiger partial charge on any atom is 0.242 e. The normalized spacial score (nSPS) is 25.2. The minimum atomic E-state index is -0.357. The first-order chi connectivity index (χ1) is 10.6. The molecule has 0 bridgehead atoms. The van der Waals surface area contributed by atoms with E-state index in [-0.39, 0.29) is 29.5 Å². The second-order valence-corrected chi connectivity index (χ2v) is 5.70. The van der Waals surface area contributed by atoms with E-state index in [2.05, 4.69) is 16.4 Å². The number of carbonyl (C=O) groups is 2. The van der Waals surface area contributed by atoms with E-state index >= 15 is 0 Å². The first kappa shape index (κ1) is 15.1. The topological polar surface area (TPSA) is 73.5 Å². The molecule has 2 atom stereocenters. The zero-order valence-electron chi connectivity index (χ0n) is 12.1. The van der Waals surface area contributed by atoms with Crippen molar-refractivity contribution >= 4 is 11.7 Å². The van der Waals surface area contributed by atoms with Crippen LogP contribution in [0.25, 0.3) is 0 Å².